The summed E-state index contributed by atoms with van der Waals surface area (Å²) in [5.74, 6) is 3.64. The first-order chi connectivity index (χ1) is 11.1. The highest BCUT2D eigenvalue weighted by Crippen LogP contribution is 2.66. The summed E-state index contributed by atoms with van der Waals surface area (Å²) in [7, 11) is -1.71. The molecular weight excluding hydrogens is 308 g/mol. The lowest BCUT2D eigenvalue weighted by Gasteiger charge is -2.49. The molecule has 24 heavy (non-hydrogen) atoms. The van der Waals surface area contributed by atoms with E-state index in [1.807, 2.05) is 0 Å². The van der Waals surface area contributed by atoms with Crippen molar-refractivity contribution >= 4 is 8.32 Å². The molecule has 2 saturated carbocycles. The van der Waals surface area contributed by atoms with Gasteiger partial charge < -0.3 is 4.43 Å². The molecule has 0 saturated heterocycles. The Morgan fingerprint density at radius 3 is 2.50 bits per heavy atom. The molecule has 3 atom stereocenters. The third-order valence-corrected chi connectivity index (χ3v) is 12.3. The summed E-state index contributed by atoms with van der Waals surface area (Å²) >= 11 is 0. The van der Waals surface area contributed by atoms with E-state index < -0.39 is 8.32 Å². The van der Waals surface area contributed by atoms with Crippen molar-refractivity contribution in [3.05, 3.63) is 11.6 Å². The predicted molar refractivity (Wildman–Crippen MR) is 105 cm³/mol. The zero-order valence-electron chi connectivity index (χ0n) is 16.7. The van der Waals surface area contributed by atoms with Gasteiger partial charge >= 0.3 is 0 Å². The SMILES string of the molecule is C#CCC1(C2=CCC3[C@@H](O[Si](C)(C)C(C)(C)C)CCC[C@]23C)CC1. The molecule has 0 heterocycles. The van der Waals surface area contributed by atoms with E-state index >= 15 is 0 Å². The third kappa shape index (κ3) is 2.82. The van der Waals surface area contributed by atoms with E-state index in [1.54, 1.807) is 5.57 Å². The molecule has 1 unspecified atom stereocenters. The zero-order valence-corrected chi connectivity index (χ0v) is 17.7. The maximum atomic E-state index is 6.93. The summed E-state index contributed by atoms with van der Waals surface area (Å²) in [5, 5.41) is 0.289. The van der Waals surface area contributed by atoms with Crippen LogP contribution in [0.15, 0.2) is 11.6 Å². The quantitative estimate of drug-likeness (QED) is 0.329. The van der Waals surface area contributed by atoms with Crippen LogP contribution in [0.1, 0.15) is 72.6 Å². The minimum atomic E-state index is -1.71. The van der Waals surface area contributed by atoms with E-state index in [0.717, 1.165) is 6.42 Å². The van der Waals surface area contributed by atoms with E-state index in [1.165, 1.54) is 38.5 Å². The lowest BCUT2D eigenvalue weighted by Crippen LogP contribution is -2.49. The Morgan fingerprint density at radius 1 is 1.29 bits per heavy atom. The second-order valence-corrected chi connectivity index (χ2v) is 15.1. The molecule has 0 amide bonds. The molecule has 0 aromatic carbocycles. The van der Waals surface area contributed by atoms with E-state index in [-0.39, 0.29) is 5.04 Å². The van der Waals surface area contributed by atoms with Gasteiger partial charge in [0.15, 0.2) is 8.32 Å². The first-order valence-electron chi connectivity index (χ1n) is 9.88. The number of fused-ring (bicyclic) bond motifs is 1. The number of allylic oxidation sites excluding steroid dienone is 2. The fourth-order valence-corrected chi connectivity index (χ4v) is 6.49. The monoisotopic (exact) mass is 344 g/mol. The second kappa shape index (κ2) is 5.75. The molecular formula is C22H36OSi. The maximum absolute atomic E-state index is 6.93. The molecule has 0 aliphatic heterocycles. The number of terminal acetylenes is 1. The summed E-state index contributed by atoms with van der Waals surface area (Å²) in [4.78, 5) is 0. The Kier molecular flexibility index (Phi) is 4.38. The molecule has 3 aliphatic carbocycles. The first-order valence-corrected chi connectivity index (χ1v) is 12.8. The highest BCUT2D eigenvalue weighted by atomic mass is 28.4. The molecule has 3 aliphatic rings. The Balaban J connectivity index is 1.81. The molecule has 3 rings (SSSR count). The molecule has 0 aromatic heterocycles. The van der Waals surface area contributed by atoms with Crippen molar-refractivity contribution in [3.8, 4) is 12.3 Å². The minimum absolute atomic E-state index is 0.289. The topological polar surface area (TPSA) is 9.23 Å². The van der Waals surface area contributed by atoms with Crippen molar-refractivity contribution in [3.63, 3.8) is 0 Å². The summed E-state index contributed by atoms with van der Waals surface area (Å²) in [6, 6.07) is 0. The van der Waals surface area contributed by atoms with Gasteiger partial charge in [-0.25, -0.2) is 0 Å². The molecule has 2 heteroatoms. The summed E-state index contributed by atoms with van der Waals surface area (Å²) in [6.45, 7) is 14.4. The normalized spacial score (nSPS) is 35.1. The second-order valence-electron chi connectivity index (χ2n) is 10.3. The van der Waals surface area contributed by atoms with E-state index in [9.17, 15) is 0 Å². The van der Waals surface area contributed by atoms with Crippen LogP contribution in [0.25, 0.3) is 0 Å². The van der Waals surface area contributed by atoms with Gasteiger partial charge in [0.1, 0.15) is 0 Å². The predicted octanol–water partition coefficient (Wildman–Crippen LogP) is 6.32. The van der Waals surface area contributed by atoms with Crippen LogP contribution < -0.4 is 0 Å². The Hall–Kier alpha value is -0.523. The van der Waals surface area contributed by atoms with Crippen LogP contribution in [0.4, 0.5) is 0 Å². The van der Waals surface area contributed by atoms with Crippen LogP contribution in [0.3, 0.4) is 0 Å². The minimum Gasteiger partial charge on any atom is -0.414 e. The Labute approximate surface area is 150 Å². The van der Waals surface area contributed by atoms with Gasteiger partial charge in [0, 0.05) is 17.9 Å². The van der Waals surface area contributed by atoms with Gasteiger partial charge in [0.25, 0.3) is 0 Å². The fourth-order valence-electron chi connectivity index (χ4n) is 5.10. The first kappa shape index (κ1) is 18.3. The summed E-state index contributed by atoms with van der Waals surface area (Å²) in [5.41, 5.74) is 2.40. The lowest BCUT2D eigenvalue weighted by atomic mass is 9.62. The third-order valence-electron chi connectivity index (χ3n) is 7.76. The van der Waals surface area contributed by atoms with Gasteiger partial charge in [-0.3, -0.25) is 0 Å². The zero-order chi connectivity index (χ0) is 17.8. The van der Waals surface area contributed by atoms with Crippen molar-refractivity contribution in [1.29, 1.82) is 0 Å². The smallest absolute Gasteiger partial charge is 0.192 e. The molecule has 0 bridgehead atoms. The van der Waals surface area contributed by atoms with Crippen molar-refractivity contribution < 1.29 is 4.43 Å². The van der Waals surface area contributed by atoms with Crippen LogP contribution in [-0.2, 0) is 4.43 Å². The van der Waals surface area contributed by atoms with Crippen LogP contribution in [0.2, 0.25) is 18.1 Å². The highest BCUT2D eigenvalue weighted by Gasteiger charge is 2.58. The van der Waals surface area contributed by atoms with E-state index in [4.69, 9.17) is 10.8 Å². The van der Waals surface area contributed by atoms with Gasteiger partial charge in [-0.15, -0.1) is 12.3 Å². The van der Waals surface area contributed by atoms with Crippen LogP contribution in [0, 0.1) is 29.1 Å². The van der Waals surface area contributed by atoms with Gasteiger partial charge in [-0.05, 0) is 61.6 Å². The molecule has 0 radical (unpaired) electrons. The number of hydrogen-bond acceptors (Lipinski definition) is 1. The molecule has 1 nitrogen and oxygen atoms in total. The average Bonchev–Trinajstić information content (AvgIpc) is 3.12. The van der Waals surface area contributed by atoms with Crippen LogP contribution in [-0.4, -0.2) is 14.4 Å². The van der Waals surface area contributed by atoms with Crippen LogP contribution >= 0.6 is 0 Å². The number of rotatable bonds is 4. The molecule has 134 valence electrons. The number of hydrogen-bond donors (Lipinski definition) is 0. The lowest BCUT2D eigenvalue weighted by molar-refractivity contribution is 0.0150. The van der Waals surface area contributed by atoms with Gasteiger partial charge in [-0.2, -0.15) is 0 Å². The Morgan fingerprint density at radius 2 is 1.96 bits per heavy atom. The standard InChI is InChI=1S/C22H36OSi/c1-8-13-22(15-16-22)19-12-11-17-18(10-9-14-21(17,19)5)23-24(6,7)20(2,3)4/h1,12,17-18H,9-11,13-16H2,2-7H3/t17?,18-,21-/m0/s1. The van der Waals surface area contributed by atoms with Crippen molar-refractivity contribution in [2.45, 2.75) is 96.9 Å². The van der Waals surface area contributed by atoms with E-state index in [0.29, 0.717) is 22.9 Å². The van der Waals surface area contributed by atoms with Gasteiger partial charge in [0.2, 0.25) is 0 Å². The van der Waals surface area contributed by atoms with Crippen LogP contribution in [0.5, 0.6) is 0 Å². The van der Waals surface area contributed by atoms with Crippen molar-refractivity contribution in [2.75, 3.05) is 0 Å². The fraction of sp³-hybridized carbons (Fsp3) is 0.818. The van der Waals surface area contributed by atoms with Crippen molar-refractivity contribution in [2.24, 2.45) is 16.7 Å². The molecule has 2 fully saturated rings. The summed E-state index contributed by atoms with van der Waals surface area (Å²) < 4.78 is 6.93. The average molecular weight is 345 g/mol. The largest absolute Gasteiger partial charge is 0.414 e. The van der Waals surface area contributed by atoms with Crippen molar-refractivity contribution in [1.82, 2.24) is 0 Å². The Bertz CT molecular complexity index is 570. The summed E-state index contributed by atoms with van der Waals surface area (Å²) in [6.07, 6.45) is 17.3. The highest BCUT2D eigenvalue weighted by molar-refractivity contribution is 6.74. The molecule has 0 N–H and O–H groups in total. The maximum Gasteiger partial charge on any atom is 0.192 e. The molecule has 0 spiro atoms. The van der Waals surface area contributed by atoms with E-state index in [2.05, 4.69) is 52.8 Å². The van der Waals surface area contributed by atoms with Gasteiger partial charge in [0.05, 0.1) is 0 Å². The van der Waals surface area contributed by atoms with Gasteiger partial charge in [-0.1, -0.05) is 45.8 Å². The molecule has 0 aromatic rings.